The van der Waals surface area contributed by atoms with E-state index < -0.39 is 0 Å². The fourth-order valence-corrected chi connectivity index (χ4v) is 2.16. The lowest BCUT2D eigenvalue weighted by Gasteiger charge is -2.31. The predicted molar refractivity (Wildman–Crippen MR) is 74.9 cm³/mol. The number of fused-ring (bicyclic) bond motifs is 1. The molecule has 0 amide bonds. The van der Waals surface area contributed by atoms with Crippen molar-refractivity contribution in [3.05, 3.63) is 48.0 Å². The van der Waals surface area contributed by atoms with Gasteiger partial charge in [-0.1, -0.05) is 63.2 Å². The molecule has 0 heterocycles. The molecule has 1 nitrogen and oxygen atoms in total. The zero-order valence-electron chi connectivity index (χ0n) is 10.9. The molecule has 1 atom stereocenters. The van der Waals surface area contributed by atoms with Crippen LogP contribution in [-0.4, -0.2) is 0 Å². The highest BCUT2D eigenvalue weighted by molar-refractivity contribution is 5.86. The van der Waals surface area contributed by atoms with Gasteiger partial charge >= 0.3 is 0 Å². The van der Waals surface area contributed by atoms with E-state index in [-0.39, 0.29) is 11.5 Å². The van der Waals surface area contributed by atoms with E-state index in [1.807, 2.05) is 0 Å². The molecule has 1 heteroatoms. The van der Waals surface area contributed by atoms with Gasteiger partial charge in [-0.05, 0) is 28.2 Å². The van der Waals surface area contributed by atoms with Crippen LogP contribution in [0.4, 0.5) is 0 Å². The summed E-state index contributed by atoms with van der Waals surface area (Å²) >= 11 is 0. The second-order valence-corrected chi connectivity index (χ2v) is 5.39. The van der Waals surface area contributed by atoms with Crippen LogP contribution < -0.4 is 5.73 Å². The molecule has 2 aromatic rings. The Morgan fingerprint density at radius 3 is 2.41 bits per heavy atom. The number of hydrogen-bond donors (Lipinski definition) is 1. The van der Waals surface area contributed by atoms with Crippen LogP contribution in [0.15, 0.2) is 42.5 Å². The van der Waals surface area contributed by atoms with Gasteiger partial charge in [-0.3, -0.25) is 0 Å². The normalized spacial score (nSPS) is 13.9. The Morgan fingerprint density at radius 1 is 1.06 bits per heavy atom. The lowest BCUT2D eigenvalue weighted by molar-refractivity contribution is 0.280. The zero-order chi connectivity index (χ0) is 12.5. The lowest BCUT2D eigenvalue weighted by atomic mass is 9.78. The highest BCUT2D eigenvalue weighted by atomic mass is 14.7. The number of nitrogens with two attached hydrogens (primary N) is 1. The molecule has 0 saturated heterocycles. The van der Waals surface area contributed by atoms with Gasteiger partial charge in [0.25, 0.3) is 0 Å². The first-order chi connectivity index (χ1) is 8.06. The Balaban J connectivity index is 2.56. The molecule has 2 N–H and O–H groups in total. The Kier molecular flexibility index (Phi) is 3.21. The summed E-state index contributed by atoms with van der Waals surface area (Å²) in [4.78, 5) is 0. The second kappa shape index (κ2) is 4.50. The molecule has 0 aliphatic carbocycles. The molecule has 0 fully saturated rings. The van der Waals surface area contributed by atoms with Crippen LogP contribution in [0.25, 0.3) is 10.8 Å². The monoisotopic (exact) mass is 227 g/mol. The number of benzene rings is 2. The molecule has 0 bridgehead atoms. The molecule has 1 unspecified atom stereocenters. The van der Waals surface area contributed by atoms with Crippen molar-refractivity contribution in [1.29, 1.82) is 0 Å². The largest absolute Gasteiger partial charge is 0.323 e. The summed E-state index contributed by atoms with van der Waals surface area (Å²) in [7, 11) is 0. The third kappa shape index (κ3) is 2.20. The first-order valence-corrected chi connectivity index (χ1v) is 6.29. The van der Waals surface area contributed by atoms with Crippen LogP contribution in [0.2, 0.25) is 0 Å². The second-order valence-electron chi connectivity index (χ2n) is 5.39. The average Bonchev–Trinajstić information content (AvgIpc) is 2.37. The molecular weight excluding hydrogens is 206 g/mol. The Bertz CT molecular complexity index is 508. The van der Waals surface area contributed by atoms with Crippen molar-refractivity contribution >= 4 is 10.8 Å². The molecule has 0 aromatic heterocycles. The third-order valence-corrected chi connectivity index (χ3v) is 3.91. The van der Waals surface area contributed by atoms with Crippen molar-refractivity contribution in [3.63, 3.8) is 0 Å². The summed E-state index contributed by atoms with van der Waals surface area (Å²) in [5, 5.41) is 2.55. The van der Waals surface area contributed by atoms with E-state index in [0.29, 0.717) is 0 Å². The minimum absolute atomic E-state index is 0.0820. The fourth-order valence-electron chi connectivity index (χ4n) is 2.16. The average molecular weight is 227 g/mol. The van der Waals surface area contributed by atoms with Crippen molar-refractivity contribution in [2.45, 2.75) is 33.2 Å². The summed E-state index contributed by atoms with van der Waals surface area (Å²) in [5.41, 5.74) is 7.84. The summed E-state index contributed by atoms with van der Waals surface area (Å²) < 4.78 is 0. The SMILES string of the molecule is CCC(C)(C)C(N)c1cccc2ccccc12. The van der Waals surface area contributed by atoms with Gasteiger partial charge in [-0.25, -0.2) is 0 Å². The van der Waals surface area contributed by atoms with Gasteiger partial charge in [-0.2, -0.15) is 0 Å². The van der Waals surface area contributed by atoms with Gasteiger partial charge in [0.2, 0.25) is 0 Å². The van der Waals surface area contributed by atoms with Crippen molar-refractivity contribution in [1.82, 2.24) is 0 Å². The molecular formula is C16H21N. The Labute approximate surface area is 104 Å². The standard InChI is InChI=1S/C16H21N/c1-4-16(2,3)15(17)14-11-7-9-12-8-5-6-10-13(12)14/h5-11,15H,4,17H2,1-3H3. The van der Waals surface area contributed by atoms with Gasteiger partial charge in [0.1, 0.15) is 0 Å². The molecule has 90 valence electrons. The molecule has 2 rings (SSSR count). The highest BCUT2D eigenvalue weighted by Crippen LogP contribution is 2.37. The molecule has 17 heavy (non-hydrogen) atoms. The highest BCUT2D eigenvalue weighted by Gasteiger charge is 2.26. The maximum Gasteiger partial charge on any atom is 0.0352 e. The van der Waals surface area contributed by atoms with E-state index in [9.17, 15) is 0 Å². The minimum atomic E-state index is 0.0820. The minimum Gasteiger partial charge on any atom is -0.323 e. The fraction of sp³-hybridized carbons (Fsp3) is 0.375. The number of rotatable bonds is 3. The van der Waals surface area contributed by atoms with Crippen LogP contribution in [0.1, 0.15) is 38.8 Å². The van der Waals surface area contributed by atoms with E-state index in [2.05, 4.69) is 63.2 Å². The van der Waals surface area contributed by atoms with Crippen LogP contribution in [-0.2, 0) is 0 Å². The molecule has 0 aliphatic rings. The van der Waals surface area contributed by atoms with Crippen molar-refractivity contribution < 1.29 is 0 Å². The Hall–Kier alpha value is -1.34. The van der Waals surface area contributed by atoms with E-state index in [0.717, 1.165) is 6.42 Å². The topological polar surface area (TPSA) is 26.0 Å². The van der Waals surface area contributed by atoms with Gasteiger partial charge < -0.3 is 5.73 Å². The van der Waals surface area contributed by atoms with Gasteiger partial charge in [0.15, 0.2) is 0 Å². The third-order valence-electron chi connectivity index (χ3n) is 3.91. The summed E-state index contributed by atoms with van der Waals surface area (Å²) in [6, 6.07) is 14.9. The predicted octanol–water partition coefficient (Wildman–Crippen LogP) is 4.28. The van der Waals surface area contributed by atoms with E-state index in [1.165, 1.54) is 16.3 Å². The Morgan fingerprint density at radius 2 is 1.71 bits per heavy atom. The van der Waals surface area contributed by atoms with Gasteiger partial charge in [0.05, 0.1) is 0 Å². The molecule has 0 spiro atoms. The smallest absolute Gasteiger partial charge is 0.0352 e. The lowest BCUT2D eigenvalue weighted by Crippen LogP contribution is -2.28. The molecule has 0 aliphatic heterocycles. The van der Waals surface area contributed by atoms with E-state index in [4.69, 9.17) is 5.73 Å². The van der Waals surface area contributed by atoms with Gasteiger partial charge in [0, 0.05) is 6.04 Å². The van der Waals surface area contributed by atoms with E-state index >= 15 is 0 Å². The van der Waals surface area contributed by atoms with Gasteiger partial charge in [-0.15, -0.1) is 0 Å². The zero-order valence-corrected chi connectivity index (χ0v) is 10.9. The maximum absolute atomic E-state index is 6.45. The van der Waals surface area contributed by atoms with Crippen LogP contribution >= 0.6 is 0 Å². The first-order valence-electron chi connectivity index (χ1n) is 6.29. The van der Waals surface area contributed by atoms with E-state index in [1.54, 1.807) is 0 Å². The summed E-state index contributed by atoms with van der Waals surface area (Å²) in [6.45, 7) is 6.67. The summed E-state index contributed by atoms with van der Waals surface area (Å²) in [6.07, 6.45) is 1.08. The van der Waals surface area contributed by atoms with Crippen molar-refractivity contribution in [3.8, 4) is 0 Å². The molecule has 0 saturated carbocycles. The van der Waals surface area contributed by atoms with Crippen LogP contribution in [0, 0.1) is 5.41 Å². The molecule has 0 radical (unpaired) electrons. The van der Waals surface area contributed by atoms with Crippen LogP contribution in [0.5, 0.6) is 0 Å². The van der Waals surface area contributed by atoms with Crippen molar-refractivity contribution in [2.24, 2.45) is 11.1 Å². The first kappa shape index (κ1) is 12.1. The van der Waals surface area contributed by atoms with Crippen molar-refractivity contribution in [2.75, 3.05) is 0 Å². The number of hydrogen-bond acceptors (Lipinski definition) is 1. The molecule has 2 aromatic carbocycles. The van der Waals surface area contributed by atoms with Crippen LogP contribution in [0.3, 0.4) is 0 Å². The maximum atomic E-state index is 6.45. The quantitative estimate of drug-likeness (QED) is 0.832. The summed E-state index contributed by atoms with van der Waals surface area (Å²) in [5.74, 6) is 0.